The van der Waals surface area contributed by atoms with E-state index in [2.05, 4.69) is 41.3 Å². The molecule has 4 heteroatoms. The van der Waals surface area contributed by atoms with Crippen LogP contribution in [0.25, 0.3) is 0 Å². The molecule has 0 saturated heterocycles. The Morgan fingerprint density at radius 2 is 1.70 bits per heavy atom. The standard InChI is InChI=1S/C16H21N3O/c1-10(2)12-5-7-13(8-6-12)17-16-18-14(11(3)4)9-15(20)19-16/h5-11H,1-4H3,(H2,17,18,19,20). The van der Waals surface area contributed by atoms with Gasteiger partial charge in [-0.3, -0.25) is 9.78 Å². The first-order valence-electron chi connectivity index (χ1n) is 6.94. The molecule has 2 N–H and O–H groups in total. The lowest BCUT2D eigenvalue weighted by Crippen LogP contribution is -2.12. The summed E-state index contributed by atoms with van der Waals surface area (Å²) in [5.41, 5.74) is 2.85. The van der Waals surface area contributed by atoms with E-state index < -0.39 is 0 Å². The van der Waals surface area contributed by atoms with E-state index in [0.717, 1.165) is 11.4 Å². The van der Waals surface area contributed by atoms with E-state index in [4.69, 9.17) is 0 Å². The Balaban J connectivity index is 2.23. The van der Waals surface area contributed by atoms with Gasteiger partial charge < -0.3 is 5.32 Å². The summed E-state index contributed by atoms with van der Waals surface area (Å²) in [6.45, 7) is 8.35. The highest BCUT2D eigenvalue weighted by molar-refractivity contribution is 5.53. The molecule has 0 radical (unpaired) electrons. The number of aromatic nitrogens is 2. The minimum Gasteiger partial charge on any atom is -0.326 e. The lowest BCUT2D eigenvalue weighted by atomic mass is 10.0. The number of nitrogens with one attached hydrogen (secondary N) is 2. The number of hydrogen-bond acceptors (Lipinski definition) is 3. The number of H-pyrrole nitrogens is 1. The molecule has 0 aliphatic heterocycles. The molecule has 0 amide bonds. The van der Waals surface area contributed by atoms with E-state index >= 15 is 0 Å². The predicted molar refractivity (Wildman–Crippen MR) is 82.8 cm³/mol. The topological polar surface area (TPSA) is 57.8 Å². The minimum absolute atomic E-state index is 0.134. The number of hydrogen-bond donors (Lipinski definition) is 2. The van der Waals surface area contributed by atoms with Gasteiger partial charge in [0.15, 0.2) is 0 Å². The van der Waals surface area contributed by atoms with E-state index in [1.165, 1.54) is 11.6 Å². The molecule has 0 unspecified atom stereocenters. The zero-order chi connectivity index (χ0) is 14.7. The summed E-state index contributed by atoms with van der Waals surface area (Å²) < 4.78 is 0. The SMILES string of the molecule is CC(C)c1ccc(Nc2nc(C(C)C)cc(=O)[nH]2)cc1. The minimum atomic E-state index is -0.134. The molecule has 106 valence electrons. The maximum Gasteiger partial charge on any atom is 0.252 e. The first kappa shape index (κ1) is 14.3. The third kappa shape index (κ3) is 3.47. The van der Waals surface area contributed by atoms with E-state index in [1.54, 1.807) is 0 Å². The summed E-state index contributed by atoms with van der Waals surface area (Å²) in [7, 11) is 0. The molecule has 1 aromatic heterocycles. The van der Waals surface area contributed by atoms with Crippen LogP contribution in [0.15, 0.2) is 35.1 Å². The summed E-state index contributed by atoms with van der Waals surface area (Å²) in [4.78, 5) is 18.7. The third-order valence-corrected chi connectivity index (χ3v) is 3.19. The molecule has 0 saturated carbocycles. The van der Waals surface area contributed by atoms with Crippen LogP contribution in [-0.4, -0.2) is 9.97 Å². The highest BCUT2D eigenvalue weighted by Crippen LogP contribution is 2.19. The van der Waals surface area contributed by atoms with Gasteiger partial charge >= 0.3 is 0 Å². The Hall–Kier alpha value is -2.10. The second-order valence-corrected chi connectivity index (χ2v) is 5.58. The summed E-state index contributed by atoms with van der Waals surface area (Å²) in [5.74, 6) is 1.21. The smallest absolute Gasteiger partial charge is 0.252 e. The molecule has 2 aromatic rings. The third-order valence-electron chi connectivity index (χ3n) is 3.19. The van der Waals surface area contributed by atoms with Crippen molar-refractivity contribution < 1.29 is 0 Å². The molecule has 20 heavy (non-hydrogen) atoms. The second-order valence-electron chi connectivity index (χ2n) is 5.58. The molecular formula is C16H21N3O. The Kier molecular flexibility index (Phi) is 4.23. The Bertz CT molecular complexity index is 627. The maximum atomic E-state index is 11.6. The van der Waals surface area contributed by atoms with Gasteiger partial charge in [0.05, 0.1) is 5.69 Å². The van der Waals surface area contributed by atoms with Crippen LogP contribution in [0.2, 0.25) is 0 Å². The molecule has 0 aliphatic rings. The van der Waals surface area contributed by atoms with Crippen molar-refractivity contribution in [3.05, 3.63) is 51.9 Å². The first-order valence-corrected chi connectivity index (χ1v) is 6.94. The number of anilines is 2. The fraction of sp³-hybridized carbons (Fsp3) is 0.375. The highest BCUT2D eigenvalue weighted by atomic mass is 16.1. The van der Waals surface area contributed by atoms with Gasteiger partial charge in [-0.15, -0.1) is 0 Å². The molecule has 0 fully saturated rings. The summed E-state index contributed by atoms with van der Waals surface area (Å²) in [6.07, 6.45) is 0. The molecule has 1 aromatic carbocycles. The van der Waals surface area contributed by atoms with Gasteiger partial charge in [0.1, 0.15) is 0 Å². The summed E-state index contributed by atoms with van der Waals surface area (Å²) >= 11 is 0. The molecule has 0 aliphatic carbocycles. The van der Waals surface area contributed by atoms with Crippen LogP contribution in [0.3, 0.4) is 0 Å². The van der Waals surface area contributed by atoms with Crippen molar-refractivity contribution in [2.75, 3.05) is 5.32 Å². The Morgan fingerprint density at radius 1 is 1.05 bits per heavy atom. The van der Waals surface area contributed by atoms with Crippen LogP contribution >= 0.6 is 0 Å². The summed E-state index contributed by atoms with van der Waals surface area (Å²) in [5, 5.41) is 3.14. The summed E-state index contributed by atoms with van der Waals surface area (Å²) in [6, 6.07) is 9.70. The van der Waals surface area contributed by atoms with Crippen LogP contribution in [0.1, 0.15) is 50.8 Å². The van der Waals surface area contributed by atoms with Crippen molar-refractivity contribution in [3.63, 3.8) is 0 Å². The van der Waals surface area contributed by atoms with E-state index in [-0.39, 0.29) is 11.5 Å². The number of rotatable bonds is 4. The molecule has 0 spiro atoms. The van der Waals surface area contributed by atoms with Gasteiger partial charge in [0, 0.05) is 11.8 Å². The maximum absolute atomic E-state index is 11.6. The van der Waals surface area contributed by atoms with Gasteiger partial charge in [-0.1, -0.05) is 39.8 Å². The van der Waals surface area contributed by atoms with Crippen LogP contribution in [-0.2, 0) is 0 Å². The average Bonchev–Trinajstić information content (AvgIpc) is 2.38. The average molecular weight is 271 g/mol. The van der Waals surface area contributed by atoms with Crippen molar-refractivity contribution >= 4 is 11.6 Å². The Morgan fingerprint density at radius 3 is 2.25 bits per heavy atom. The van der Waals surface area contributed by atoms with Crippen molar-refractivity contribution in [1.82, 2.24) is 9.97 Å². The molecular weight excluding hydrogens is 250 g/mol. The Labute approximate surface area is 119 Å². The molecule has 4 nitrogen and oxygen atoms in total. The largest absolute Gasteiger partial charge is 0.326 e. The fourth-order valence-electron chi connectivity index (χ4n) is 1.92. The van der Waals surface area contributed by atoms with Crippen LogP contribution in [0.4, 0.5) is 11.6 Å². The van der Waals surface area contributed by atoms with E-state index in [1.807, 2.05) is 26.0 Å². The first-order chi connectivity index (χ1) is 9.45. The normalized spacial score (nSPS) is 11.1. The zero-order valence-corrected chi connectivity index (χ0v) is 12.4. The number of aromatic amines is 1. The van der Waals surface area contributed by atoms with Crippen molar-refractivity contribution in [3.8, 4) is 0 Å². The van der Waals surface area contributed by atoms with E-state index in [0.29, 0.717) is 11.9 Å². The molecule has 0 bridgehead atoms. The van der Waals surface area contributed by atoms with Gasteiger partial charge in [0.2, 0.25) is 5.95 Å². The van der Waals surface area contributed by atoms with Crippen LogP contribution < -0.4 is 10.9 Å². The predicted octanol–water partition coefficient (Wildman–Crippen LogP) is 3.76. The van der Waals surface area contributed by atoms with Crippen molar-refractivity contribution in [2.24, 2.45) is 0 Å². The molecule has 2 rings (SSSR count). The lowest BCUT2D eigenvalue weighted by Gasteiger charge is -2.10. The monoisotopic (exact) mass is 271 g/mol. The quantitative estimate of drug-likeness (QED) is 0.890. The second kappa shape index (κ2) is 5.90. The van der Waals surface area contributed by atoms with Crippen molar-refractivity contribution in [2.45, 2.75) is 39.5 Å². The number of benzene rings is 1. The van der Waals surface area contributed by atoms with Crippen molar-refractivity contribution in [1.29, 1.82) is 0 Å². The zero-order valence-electron chi connectivity index (χ0n) is 12.4. The highest BCUT2D eigenvalue weighted by Gasteiger charge is 2.06. The van der Waals surface area contributed by atoms with Crippen LogP contribution in [0.5, 0.6) is 0 Å². The molecule has 1 heterocycles. The van der Waals surface area contributed by atoms with E-state index in [9.17, 15) is 4.79 Å². The lowest BCUT2D eigenvalue weighted by molar-refractivity contribution is 0.812. The fourth-order valence-corrected chi connectivity index (χ4v) is 1.92. The molecule has 0 atom stereocenters. The van der Waals surface area contributed by atoms with Gasteiger partial charge in [0.25, 0.3) is 5.56 Å². The number of nitrogens with zero attached hydrogens (tertiary/aromatic N) is 1. The van der Waals surface area contributed by atoms with Gasteiger partial charge in [-0.2, -0.15) is 0 Å². The van der Waals surface area contributed by atoms with Crippen LogP contribution in [0, 0.1) is 0 Å². The van der Waals surface area contributed by atoms with Gasteiger partial charge in [-0.25, -0.2) is 4.98 Å². The van der Waals surface area contributed by atoms with Gasteiger partial charge in [-0.05, 0) is 29.5 Å².